The Bertz CT molecular complexity index is 541. The molecule has 2 heterocycles. The predicted molar refractivity (Wildman–Crippen MR) is 67.9 cm³/mol. The molecule has 1 aromatic heterocycles. The van der Waals surface area contributed by atoms with Crippen LogP contribution in [0.4, 0.5) is 5.95 Å². The average Bonchev–Trinajstić information content (AvgIpc) is 2.89. The molecule has 0 radical (unpaired) electrons. The highest BCUT2D eigenvalue weighted by atomic mass is 16.5. The number of rotatable bonds is 2. The molecular formula is C13H17N3O. The van der Waals surface area contributed by atoms with Gasteiger partial charge in [0, 0.05) is 6.61 Å². The molecule has 3 rings (SSSR count). The second kappa shape index (κ2) is 4.04. The third-order valence-corrected chi connectivity index (χ3v) is 3.41. The number of aromatic nitrogens is 2. The van der Waals surface area contributed by atoms with E-state index in [-0.39, 0.29) is 6.10 Å². The predicted octanol–water partition coefficient (Wildman–Crippen LogP) is 2.11. The van der Waals surface area contributed by atoms with Crippen molar-refractivity contribution in [2.24, 2.45) is 0 Å². The summed E-state index contributed by atoms with van der Waals surface area (Å²) in [5.74, 6) is 0.588. The summed E-state index contributed by atoms with van der Waals surface area (Å²) in [6, 6.07) is 6.11. The maximum atomic E-state index is 6.00. The monoisotopic (exact) mass is 231 g/mol. The summed E-state index contributed by atoms with van der Waals surface area (Å²) in [7, 11) is 0. The van der Waals surface area contributed by atoms with Gasteiger partial charge in [-0.3, -0.25) is 0 Å². The molecule has 0 bridgehead atoms. The largest absolute Gasteiger partial charge is 0.376 e. The van der Waals surface area contributed by atoms with Crippen LogP contribution in [-0.2, 0) is 11.3 Å². The summed E-state index contributed by atoms with van der Waals surface area (Å²) in [6.45, 7) is 3.78. The van der Waals surface area contributed by atoms with Crippen LogP contribution in [0.3, 0.4) is 0 Å². The smallest absolute Gasteiger partial charge is 0.201 e. The Hall–Kier alpha value is -1.55. The van der Waals surface area contributed by atoms with Crippen molar-refractivity contribution in [3.63, 3.8) is 0 Å². The van der Waals surface area contributed by atoms with Crippen molar-refractivity contribution in [3.8, 4) is 0 Å². The molecule has 2 aromatic rings. The Kier molecular flexibility index (Phi) is 2.52. The molecule has 4 heteroatoms. The first kappa shape index (κ1) is 10.6. The highest BCUT2D eigenvalue weighted by Gasteiger charge is 2.19. The van der Waals surface area contributed by atoms with Crippen molar-refractivity contribution in [2.45, 2.75) is 32.4 Å². The van der Waals surface area contributed by atoms with Crippen LogP contribution in [0.5, 0.6) is 0 Å². The number of hydrogen-bond acceptors (Lipinski definition) is 3. The van der Waals surface area contributed by atoms with Crippen molar-refractivity contribution < 1.29 is 4.74 Å². The molecule has 1 unspecified atom stereocenters. The second-order valence-corrected chi connectivity index (χ2v) is 4.66. The lowest BCUT2D eigenvalue weighted by atomic mass is 10.2. The highest BCUT2D eigenvalue weighted by molar-refractivity contribution is 5.81. The number of imidazole rings is 1. The van der Waals surface area contributed by atoms with Crippen molar-refractivity contribution in [1.82, 2.24) is 9.55 Å². The summed E-state index contributed by atoms with van der Waals surface area (Å²) >= 11 is 0. The first-order valence-corrected chi connectivity index (χ1v) is 6.08. The lowest BCUT2D eigenvalue weighted by molar-refractivity contribution is 0.0983. The van der Waals surface area contributed by atoms with Crippen LogP contribution in [0.2, 0.25) is 0 Å². The molecule has 1 aromatic carbocycles. The van der Waals surface area contributed by atoms with E-state index in [1.807, 2.05) is 12.1 Å². The minimum absolute atomic E-state index is 0.286. The summed E-state index contributed by atoms with van der Waals surface area (Å²) in [5.41, 5.74) is 9.32. The first-order valence-electron chi connectivity index (χ1n) is 6.08. The molecule has 0 saturated carbocycles. The lowest BCUT2D eigenvalue weighted by Gasteiger charge is -2.13. The number of nitrogens with two attached hydrogens (primary N) is 1. The number of anilines is 1. The first-order chi connectivity index (χ1) is 8.25. The molecule has 17 heavy (non-hydrogen) atoms. The van der Waals surface area contributed by atoms with Gasteiger partial charge < -0.3 is 15.0 Å². The molecule has 0 aliphatic carbocycles. The minimum atomic E-state index is 0.286. The third kappa shape index (κ3) is 1.78. The molecule has 90 valence electrons. The van der Waals surface area contributed by atoms with E-state index in [1.54, 1.807) is 0 Å². The molecule has 1 atom stereocenters. The topological polar surface area (TPSA) is 53.1 Å². The van der Waals surface area contributed by atoms with Crippen molar-refractivity contribution in [2.75, 3.05) is 12.3 Å². The van der Waals surface area contributed by atoms with Gasteiger partial charge in [0.25, 0.3) is 0 Å². The van der Waals surface area contributed by atoms with Gasteiger partial charge in [-0.1, -0.05) is 12.1 Å². The molecule has 1 aliphatic rings. The molecule has 1 fully saturated rings. The van der Waals surface area contributed by atoms with E-state index >= 15 is 0 Å². The maximum absolute atomic E-state index is 6.00. The Labute approximate surface area is 100 Å². The Balaban J connectivity index is 2.04. The van der Waals surface area contributed by atoms with Crippen molar-refractivity contribution >= 4 is 17.0 Å². The normalized spacial score (nSPS) is 20.2. The summed E-state index contributed by atoms with van der Waals surface area (Å²) in [4.78, 5) is 4.40. The van der Waals surface area contributed by atoms with Gasteiger partial charge in [0.05, 0.1) is 23.7 Å². The third-order valence-electron chi connectivity index (χ3n) is 3.41. The van der Waals surface area contributed by atoms with Gasteiger partial charge in [0.15, 0.2) is 0 Å². The summed E-state index contributed by atoms with van der Waals surface area (Å²) < 4.78 is 7.75. The Morgan fingerprint density at radius 2 is 2.41 bits per heavy atom. The number of nitrogens with zero attached hydrogens (tertiary/aromatic N) is 2. The van der Waals surface area contributed by atoms with Crippen molar-refractivity contribution in [3.05, 3.63) is 23.8 Å². The Morgan fingerprint density at radius 1 is 1.53 bits per heavy atom. The number of nitrogen functional groups attached to an aromatic ring is 1. The van der Waals surface area contributed by atoms with Gasteiger partial charge in [-0.05, 0) is 31.4 Å². The van der Waals surface area contributed by atoms with E-state index in [1.165, 1.54) is 5.56 Å². The number of para-hydroxylation sites is 1. The fourth-order valence-electron chi connectivity index (χ4n) is 2.56. The Morgan fingerprint density at radius 3 is 3.18 bits per heavy atom. The van der Waals surface area contributed by atoms with Crippen molar-refractivity contribution in [1.29, 1.82) is 0 Å². The van der Waals surface area contributed by atoms with Gasteiger partial charge in [0.2, 0.25) is 5.95 Å². The van der Waals surface area contributed by atoms with Gasteiger partial charge in [-0.25, -0.2) is 4.98 Å². The number of aryl methyl sites for hydroxylation is 1. The zero-order valence-corrected chi connectivity index (χ0v) is 10.0. The number of benzene rings is 1. The van der Waals surface area contributed by atoms with Crippen LogP contribution in [0, 0.1) is 6.92 Å². The molecule has 1 aliphatic heterocycles. The van der Waals surface area contributed by atoms with Gasteiger partial charge >= 0.3 is 0 Å². The van der Waals surface area contributed by atoms with E-state index < -0.39 is 0 Å². The van der Waals surface area contributed by atoms with E-state index in [2.05, 4.69) is 22.5 Å². The summed E-state index contributed by atoms with van der Waals surface area (Å²) in [6.07, 6.45) is 2.55. The van der Waals surface area contributed by atoms with Crippen LogP contribution >= 0.6 is 0 Å². The molecular weight excluding hydrogens is 214 g/mol. The number of fused-ring (bicyclic) bond motifs is 1. The number of hydrogen-bond donors (Lipinski definition) is 1. The van der Waals surface area contributed by atoms with Crippen LogP contribution in [0.25, 0.3) is 11.0 Å². The van der Waals surface area contributed by atoms with Gasteiger partial charge in [0.1, 0.15) is 0 Å². The minimum Gasteiger partial charge on any atom is -0.376 e. The van der Waals surface area contributed by atoms with Gasteiger partial charge in [-0.2, -0.15) is 0 Å². The maximum Gasteiger partial charge on any atom is 0.201 e. The standard InChI is InChI=1S/C13H17N3O/c1-9-4-2-6-11-12(9)16(13(14)15-11)8-10-5-3-7-17-10/h2,4,6,10H,3,5,7-8H2,1H3,(H2,14,15). The van der Waals surface area contributed by atoms with Crippen LogP contribution in [-0.4, -0.2) is 22.3 Å². The fourth-order valence-corrected chi connectivity index (χ4v) is 2.56. The van der Waals surface area contributed by atoms with Crippen LogP contribution in [0.15, 0.2) is 18.2 Å². The van der Waals surface area contributed by atoms with E-state index in [0.717, 1.165) is 37.0 Å². The molecule has 0 amide bonds. The number of ether oxygens (including phenoxy) is 1. The SMILES string of the molecule is Cc1cccc2nc(N)n(CC3CCCO3)c12. The second-order valence-electron chi connectivity index (χ2n) is 4.66. The zero-order valence-electron chi connectivity index (χ0n) is 10.0. The van der Waals surface area contributed by atoms with E-state index in [4.69, 9.17) is 10.5 Å². The average molecular weight is 231 g/mol. The molecule has 4 nitrogen and oxygen atoms in total. The zero-order chi connectivity index (χ0) is 11.8. The summed E-state index contributed by atoms with van der Waals surface area (Å²) in [5, 5.41) is 0. The fraction of sp³-hybridized carbons (Fsp3) is 0.462. The molecule has 0 spiro atoms. The van der Waals surface area contributed by atoms with Crippen LogP contribution < -0.4 is 5.73 Å². The quantitative estimate of drug-likeness (QED) is 0.861. The highest BCUT2D eigenvalue weighted by Crippen LogP contribution is 2.24. The van der Waals surface area contributed by atoms with E-state index in [0.29, 0.717) is 5.95 Å². The lowest BCUT2D eigenvalue weighted by Crippen LogP contribution is -2.16. The van der Waals surface area contributed by atoms with Gasteiger partial charge in [-0.15, -0.1) is 0 Å². The van der Waals surface area contributed by atoms with E-state index in [9.17, 15) is 0 Å². The molecule has 2 N–H and O–H groups in total. The van der Waals surface area contributed by atoms with Crippen LogP contribution in [0.1, 0.15) is 18.4 Å². The molecule has 1 saturated heterocycles.